The normalized spacial score (nSPS) is 30.1. The molecule has 8 N–H and O–H groups in total. The molecule has 4 unspecified atom stereocenters. The van der Waals surface area contributed by atoms with Crippen molar-refractivity contribution in [2.75, 3.05) is 19.4 Å². The first-order valence-corrected chi connectivity index (χ1v) is 14.4. The summed E-state index contributed by atoms with van der Waals surface area (Å²) in [4.78, 5) is 59.3. The number of aromatic hydroxyl groups is 1. The molecule has 44 heavy (non-hydrogen) atoms. The Morgan fingerprint density at radius 3 is 2.39 bits per heavy atom. The van der Waals surface area contributed by atoms with Crippen LogP contribution in [-0.4, -0.2) is 86.6 Å². The minimum Gasteiger partial charge on any atom is -0.508 e. The van der Waals surface area contributed by atoms with Gasteiger partial charge in [-0.05, 0) is 69.7 Å². The van der Waals surface area contributed by atoms with Gasteiger partial charge in [-0.15, -0.1) is 17.0 Å². The lowest BCUT2D eigenvalue weighted by Crippen LogP contribution is -2.65. The molecule has 2 fully saturated rings. The van der Waals surface area contributed by atoms with Crippen molar-refractivity contribution in [2.45, 2.75) is 69.7 Å². The van der Waals surface area contributed by atoms with Gasteiger partial charge in [0, 0.05) is 11.5 Å². The molecule has 1 aromatic rings. The summed E-state index contributed by atoms with van der Waals surface area (Å²) >= 11 is 0. The predicted octanol–water partition coefficient (Wildman–Crippen LogP) is 1.58. The first-order chi connectivity index (χ1) is 20.2. The van der Waals surface area contributed by atoms with E-state index in [0.29, 0.717) is 17.9 Å². The third-order valence-corrected chi connectivity index (χ3v) is 9.28. The van der Waals surface area contributed by atoms with Gasteiger partial charge in [-0.25, -0.2) is 0 Å². The van der Waals surface area contributed by atoms with Crippen molar-refractivity contribution < 1.29 is 44.4 Å². The smallest absolute Gasteiger partial charge is 0.255 e. The number of aliphatic hydroxyl groups excluding tert-OH is 2. The average molecular weight is 680 g/mol. The second kappa shape index (κ2) is 12.2. The Balaban J connectivity index is 0.00000442. The topological polar surface area (TPSA) is 212 Å². The molecule has 0 heterocycles. The minimum absolute atomic E-state index is 0. The summed E-state index contributed by atoms with van der Waals surface area (Å²) in [6, 6.07) is 1.23. The van der Waals surface area contributed by atoms with E-state index in [1.54, 1.807) is 27.1 Å². The number of nitrogens with two attached hydrogens (primary N) is 1. The molecule has 5 rings (SSSR count). The van der Waals surface area contributed by atoms with Crippen molar-refractivity contribution in [1.82, 2.24) is 10.4 Å². The Morgan fingerprint density at radius 1 is 1.16 bits per heavy atom. The number of hydroxylamine groups is 1. The lowest BCUT2D eigenvalue weighted by atomic mass is 9.57. The number of phenols is 1. The number of halogens is 1. The molecule has 4 aliphatic rings. The van der Waals surface area contributed by atoms with Crippen molar-refractivity contribution >= 4 is 51.8 Å². The lowest BCUT2D eigenvalue weighted by Gasteiger charge is -2.50. The van der Waals surface area contributed by atoms with Crippen LogP contribution in [0.15, 0.2) is 29.0 Å². The Labute approximate surface area is 264 Å². The highest BCUT2D eigenvalue weighted by molar-refractivity contribution is 8.93. The number of ketones is 2. The SMILES string of the molecule is Br.CCC(NOC1CC(C)C1)C(=O)Nc1ccc2c(c1O)C(O)=C1C(=O)C3(O)C(O)=C(C(N)=O)C(=O)[C@@H](N(C)C)C3CC1C2. The third-order valence-electron chi connectivity index (χ3n) is 9.28. The molecular formula is C30H39BrN4O9. The van der Waals surface area contributed by atoms with Gasteiger partial charge in [0.2, 0.25) is 11.7 Å². The number of benzene rings is 1. The van der Waals surface area contributed by atoms with Crippen LogP contribution in [0.25, 0.3) is 5.76 Å². The largest absolute Gasteiger partial charge is 0.508 e. The molecule has 1 aromatic carbocycles. The zero-order chi connectivity index (χ0) is 31.5. The maximum atomic E-state index is 14.0. The quantitative estimate of drug-likeness (QED) is 0.119. The number of nitrogens with zero attached hydrogens (tertiary/aromatic N) is 1. The van der Waals surface area contributed by atoms with Gasteiger partial charge in [0.05, 0.1) is 23.4 Å². The number of phenolic OH excluding ortho intramolecular Hbond substituents is 1. The molecule has 5 atom stereocenters. The van der Waals surface area contributed by atoms with E-state index in [0.717, 1.165) is 12.8 Å². The van der Waals surface area contributed by atoms with Crippen molar-refractivity contribution in [1.29, 1.82) is 0 Å². The van der Waals surface area contributed by atoms with E-state index in [2.05, 4.69) is 17.7 Å². The zero-order valence-electron chi connectivity index (χ0n) is 24.9. The average Bonchev–Trinajstić information content (AvgIpc) is 2.91. The number of likely N-dealkylation sites (N-methyl/N-ethyl adjacent to an activating group) is 1. The number of primary amides is 1. The summed E-state index contributed by atoms with van der Waals surface area (Å²) in [5.41, 5.74) is 4.66. The van der Waals surface area contributed by atoms with E-state index >= 15 is 0 Å². The number of hydrogen-bond donors (Lipinski definition) is 7. The fraction of sp³-hybridized carbons (Fsp3) is 0.533. The van der Waals surface area contributed by atoms with Crippen LogP contribution in [0.3, 0.4) is 0 Å². The van der Waals surface area contributed by atoms with Gasteiger partial charge >= 0.3 is 0 Å². The van der Waals surface area contributed by atoms with Crippen LogP contribution in [0.2, 0.25) is 0 Å². The van der Waals surface area contributed by atoms with Gasteiger partial charge in [0.15, 0.2) is 11.4 Å². The van der Waals surface area contributed by atoms with Gasteiger partial charge in [-0.1, -0.05) is 19.9 Å². The number of anilines is 1. The van der Waals surface area contributed by atoms with Crippen molar-refractivity contribution in [3.8, 4) is 5.75 Å². The molecule has 0 aromatic heterocycles. The number of carbonyl (C=O) groups excluding carboxylic acids is 4. The summed E-state index contributed by atoms with van der Waals surface area (Å²) in [6.45, 7) is 3.91. The highest BCUT2D eigenvalue weighted by Gasteiger charge is 2.64. The first-order valence-electron chi connectivity index (χ1n) is 14.4. The van der Waals surface area contributed by atoms with Gasteiger partial charge in [0.1, 0.15) is 28.9 Å². The fourth-order valence-corrected chi connectivity index (χ4v) is 6.96. The maximum absolute atomic E-state index is 14.0. The molecule has 240 valence electrons. The second-order valence-electron chi connectivity index (χ2n) is 12.3. The number of rotatable bonds is 8. The lowest BCUT2D eigenvalue weighted by molar-refractivity contribution is -0.153. The van der Waals surface area contributed by atoms with Crippen molar-refractivity contribution in [2.24, 2.45) is 23.5 Å². The summed E-state index contributed by atoms with van der Waals surface area (Å²) < 4.78 is 0. The molecule has 0 bridgehead atoms. The van der Waals surface area contributed by atoms with E-state index < -0.39 is 75.7 Å². The van der Waals surface area contributed by atoms with E-state index in [9.17, 15) is 39.6 Å². The minimum atomic E-state index is -2.72. The van der Waals surface area contributed by atoms with Crippen LogP contribution in [0, 0.1) is 17.8 Å². The molecule has 2 saturated carbocycles. The Hall–Kier alpha value is -3.30. The number of nitrogens with one attached hydrogen (secondary N) is 2. The Bertz CT molecular complexity index is 1470. The molecule has 13 nitrogen and oxygen atoms in total. The number of aliphatic hydroxyl groups is 3. The predicted molar refractivity (Wildman–Crippen MR) is 164 cm³/mol. The van der Waals surface area contributed by atoms with E-state index in [1.165, 1.54) is 11.0 Å². The van der Waals surface area contributed by atoms with Crippen LogP contribution >= 0.6 is 17.0 Å². The van der Waals surface area contributed by atoms with E-state index in [-0.39, 0.29) is 52.8 Å². The molecule has 0 radical (unpaired) electrons. The van der Waals surface area contributed by atoms with Gasteiger partial charge in [-0.3, -0.25) is 28.9 Å². The van der Waals surface area contributed by atoms with E-state index in [1.807, 2.05) is 0 Å². The molecular weight excluding hydrogens is 640 g/mol. The second-order valence-corrected chi connectivity index (χ2v) is 12.3. The highest BCUT2D eigenvalue weighted by Crippen LogP contribution is 2.53. The fourth-order valence-electron chi connectivity index (χ4n) is 6.96. The molecule has 0 saturated heterocycles. The molecule has 2 amide bonds. The van der Waals surface area contributed by atoms with Crippen LogP contribution in [0.1, 0.15) is 50.7 Å². The number of Topliss-reactive ketones (excluding diaryl/α,β-unsaturated/α-hetero) is 2. The highest BCUT2D eigenvalue weighted by atomic mass is 79.9. The molecule has 0 aliphatic heterocycles. The summed E-state index contributed by atoms with van der Waals surface area (Å²) in [7, 11) is 3.08. The van der Waals surface area contributed by atoms with Crippen molar-refractivity contribution in [3.63, 3.8) is 0 Å². The van der Waals surface area contributed by atoms with Crippen LogP contribution < -0.4 is 16.5 Å². The summed E-state index contributed by atoms with van der Waals surface area (Å²) in [6.07, 6.45) is 2.35. The number of carbonyl (C=O) groups is 4. The Morgan fingerprint density at radius 2 is 1.82 bits per heavy atom. The molecule has 0 spiro atoms. The summed E-state index contributed by atoms with van der Waals surface area (Å²) in [5.74, 6) is -7.20. The van der Waals surface area contributed by atoms with Crippen LogP contribution in [0.5, 0.6) is 5.75 Å². The monoisotopic (exact) mass is 678 g/mol. The van der Waals surface area contributed by atoms with Gasteiger partial charge in [0.25, 0.3) is 5.91 Å². The Kier molecular flexibility index (Phi) is 9.34. The van der Waals surface area contributed by atoms with Crippen LogP contribution in [0.4, 0.5) is 5.69 Å². The number of amides is 2. The first kappa shape index (κ1) is 33.6. The van der Waals surface area contributed by atoms with Crippen molar-refractivity contribution in [3.05, 3.63) is 40.2 Å². The number of hydrogen-bond acceptors (Lipinski definition) is 11. The molecule has 4 aliphatic carbocycles. The number of fused-ring (bicyclic) bond motifs is 3. The van der Waals surface area contributed by atoms with Crippen LogP contribution in [-0.2, 0) is 30.4 Å². The standard InChI is InChI=1S/C30H38N4O9.BrH/c1-5-17(33-43-15-8-12(2)9-15)29(41)32-18-7-6-13-10-14-11-16-22(34(3)4)25(37)21(28(31)40)27(39)30(16,42)26(38)20(14)24(36)19(13)23(18)35;/h6-7,12,14-17,22,33,35-36,39,42H,5,8-11H2,1-4H3,(H2,31,40)(H,32,41);1H/t12?,14?,15?,16?,17?,22-,30?;/m0./s1. The maximum Gasteiger partial charge on any atom is 0.255 e. The van der Waals surface area contributed by atoms with Gasteiger partial charge in [-0.2, -0.15) is 5.48 Å². The molecule has 14 heteroatoms. The van der Waals surface area contributed by atoms with E-state index in [4.69, 9.17) is 10.6 Å². The third kappa shape index (κ3) is 5.21. The zero-order valence-corrected chi connectivity index (χ0v) is 26.6. The van der Waals surface area contributed by atoms with Gasteiger partial charge < -0.3 is 31.5 Å². The summed E-state index contributed by atoms with van der Waals surface area (Å²) in [5, 5.41) is 47.9.